The van der Waals surface area contributed by atoms with Crippen molar-refractivity contribution < 1.29 is 13.9 Å². The second-order valence-corrected chi connectivity index (χ2v) is 4.57. The first kappa shape index (κ1) is 12.0. The Morgan fingerprint density at radius 1 is 1.37 bits per heavy atom. The average Bonchev–Trinajstić information content (AvgIpc) is 2.87. The Balaban J connectivity index is 1.78. The van der Waals surface area contributed by atoms with Gasteiger partial charge in [-0.3, -0.25) is 10.2 Å². The number of rotatable bonds is 2. The fraction of sp³-hybridized carbons (Fsp3) is 0.385. The third-order valence-electron chi connectivity index (χ3n) is 3.20. The molecular weight excluding hydrogens is 249 g/mol. The molecule has 1 amide bonds. The predicted octanol–water partition coefficient (Wildman–Crippen LogP) is 1.44. The molecule has 0 aliphatic carbocycles. The summed E-state index contributed by atoms with van der Waals surface area (Å²) < 4.78 is 18.9. The van der Waals surface area contributed by atoms with Crippen molar-refractivity contribution in [3.63, 3.8) is 0 Å². The highest BCUT2D eigenvalue weighted by Gasteiger charge is 2.19. The second-order valence-electron chi connectivity index (χ2n) is 4.57. The Morgan fingerprint density at radius 2 is 2.26 bits per heavy atom. The number of fused-ring (bicyclic) bond motifs is 1. The van der Waals surface area contributed by atoms with E-state index in [0.29, 0.717) is 43.1 Å². The number of carbonyl (C=O) groups excluding carboxylic acids is 1. The summed E-state index contributed by atoms with van der Waals surface area (Å²) in [6.07, 6.45) is 2.20. The fourth-order valence-corrected chi connectivity index (χ4v) is 2.24. The van der Waals surface area contributed by atoms with Crippen molar-refractivity contribution in [2.45, 2.75) is 19.3 Å². The molecule has 1 aromatic rings. The standard InChI is InChI=1S/C13H14FN3O2/c14-10-7-9(6-8-3-5-19-12(8)10)16-17-11-2-1-4-15-13(11)18/h6-7,16H,1-5H2,(H,15,18)/b17-11-. The van der Waals surface area contributed by atoms with Gasteiger partial charge in [0.25, 0.3) is 5.91 Å². The minimum Gasteiger partial charge on any atom is -0.490 e. The largest absolute Gasteiger partial charge is 0.490 e. The molecule has 2 aliphatic heterocycles. The number of benzene rings is 1. The van der Waals surface area contributed by atoms with Crippen LogP contribution in [0, 0.1) is 5.82 Å². The summed E-state index contributed by atoms with van der Waals surface area (Å²) in [5.41, 5.74) is 4.56. The summed E-state index contributed by atoms with van der Waals surface area (Å²) in [7, 11) is 0. The van der Waals surface area contributed by atoms with Crippen LogP contribution in [0.2, 0.25) is 0 Å². The summed E-state index contributed by atoms with van der Waals surface area (Å²) in [6, 6.07) is 3.13. The van der Waals surface area contributed by atoms with E-state index in [2.05, 4.69) is 15.8 Å². The molecular formula is C13H14FN3O2. The van der Waals surface area contributed by atoms with Gasteiger partial charge >= 0.3 is 0 Å². The maximum atomic E-state index is 13.7. The number of halogens is 1. The molecule has 0 unspecified atom stereocenters. The number of nitrogens with zero attached hydrogens (tertiary/aromatic N) is 1. The van der Waals surface area contributed by atoms with Crippen molar-refractivity contribution in [2.75, 3.05) is 18.6 Å². The maximum Gasteiger partial charge on any atom is 0.267 e. The molecule has 6 heteroatoms. The van der Waals surface area contributed by atoms with Crippen LogP contribution in [0.5, 0.6) is 5.75 Å². The number of piperidine rings is 1. The molecule has 0 saturated carbocycles. The highest BCUT2D eigenvalue weighted by Crippen LogP contribution is 2.31. The molecule has 2 heterocycles. The van der Waals surface area contributed by atoms with Gasteiger partial charge in [-0.15, -0.1) is 0 Å². The van der Waals surface area contributed by atoms with Gasteiger partial charge in [0.15, 0.2) is 11.6 Å². The first-order valence-electron chi connectivity index (χ1n) is 6.30. The summed E-state index contributed by atoms with van der Waals surface area (Å²) in [5, 5.41) is 6.77. The van der Waals surface area contributed by atoms with E-state index in [9.17, 15) is 9.18 Å². The van der Waals surface area contributed by atoms with Gasteiger partial charge in [0, 0.05) is 24.6 Å². The van der Waals surface area contributed by atoms with Crippen LogP contribution in [0.1, 0.15) is 18.4 Å². The van der Waals surface area contributed by atoms with Crippen molar-refractivity contribution in [1.29, 1.82) is 0 Å². The number of hydrazone groups is 1. The molecule has 19 heavy (non-hydrogen) atoms. The third-order valence-corrected chi connectivity index (χ3v) is 3.20. The van der Waals surface area contributed by atoms with Crippen molar-refractivity contribution in [2.24, 2.45) is 5.10 Å². The molecule has 1 fully saturated rings. The molecule has 5 nitrogen and oxygen atoms in total. The van der Waals surface area contributed by atoms with Crippen LogP contribution in [0.25, 0.3) is 0 Å². The predicted molar refractivity (Wildman–Crippen MR) is 68.9 cm³/mol. The first-order valence-corrected chi connectivity index (χ1v) is 6.30. The minimum absolute atomic E-state index is 0.163. The third kappa shape index (κ3) is 2.38. The van der Waals surface area contributed by atoms with Crippen LogP contribution in [0.4, 0.5) is 10.1 Å². The van der Waals surface area contributed by atoms with Gasteiger partial charge in [-0.25, -0.2) is 4.39 Å². The van der Waals surface area contributed by atoms with Crippen LogP contribution in [-0.2, 0) is 11.2 Å². The van der Waals surface area contributed by atoms with Crippen molar-refractivity contribution in [3.05, 3.63) is 23.5 Å². The topological polar surface area (TPSA) is 62.7 Å². The zero-order valence-electron chi connectivity index (χ0n) is 10.3. The van der Waals surface area contributed by atoms with Crippen LogP contribution in [-0.4, -0.2) is 24.8 Å². The number of hydrogen-bond acceptors (Lipinski definition) is 4. The molecule has 0 aromatic heterocycles. The molecule has 2 aliphatic rings. The molecule has 100 valence electrons. The number of amides is 1. The number of hydrogen-bond donors (Lipinski definition) is 2. The van der Waals surface area contributed by atoms with Gasteiger partial charge in [-0.05, 0) is 18.9 Å². The molecule has 1 saturated heterocycles. The number of nitrogens with one attached hydrogen (secondary N) is 2. The lowest BCUT2D eigenvalue weighted by Gasteiger charge is -2.13. The zero-order chi connectivity index (χ0) is 13.2. The summed E-state index contributed by atoms with van der Waals surface area (Å²) in [6.45, 7) is 1.19. The zero-order valence-corrected chi connectivity index (χ0v) is 10.3. The van der Waals surface area contributed by atoms with E-state index in [1.54, 1.807) is 6.07 Å². The maximum absolute atomic E-state index is 13.7. The Kier molecular flexibility index (Phi) is 3.06. The Morgan fingerprint density at radius 3 is 3.11 bits per heavy atom. The van der Waals surface area contributed by atoms with E-state index in [-0.39, 0.29) is 5.91 Å². The van der Waals surface area contributed by atoms with E-state index >= 15 is 0 Å². The van der Waals surface area contributed by atoms with Crippen molar-refractivity contribution >= 4 is 17.3 Å². The second kappa shape index (κ2) is 4.87. The monoisotopic (exact) mass is 263 g/mol. The Hall–Kier alpha value is -2.11. The lowest BCUT2D eigenvalue weighted by atomic mass is 10.1. The van der Waals surface area contributed by atoms with Gasteiger partial charge in [-0.1, -0.05) is 0 Å². The number of carbonyl (C=O) groups is 1. The van der Waals surface area contributed by atoms with E-state index in [1.807, 2.05) is 0 Å². The minimum atomic E-state index is -0.397. The average molecular weight is 263 g/mol. The highest BCUT2D eigenvalue weighted by atomic mass is 19.1. The molecule has 0 radical (unpaired) electrons. The molecule has 2 N–H and O–H groups in total. The van der Waals surface area contributed by atoms with E-state index in [4.69, 9.17) is 4.74 Å². The lowest BCUT2D eigenvalue weighted by molar-refractivity contribution is -0.115. The van der Waals surface area contributed by atoms with Crippen LogP contribution < -0.4 is 15.5 Å². The van der Waals surface area contributed by atoms with Gasteiger partial charge in [0.2, 0.25) is 0 Å². The summed E-state index contributed by atoms with van der Waals surface area (Å²) >= 11 is 0. The molecule has 3 rings (SSSR count). The Labute approximate surface area is 109 Å². The van der Waals surface area contributed by atoms with Crippen LogP contribution >= 0.6 is 0 Å². The van der Waals surface area contributed by atoms with Gasteiger partial charge in [0.05, 0.1) is 12.3 Å². The van der Waals surface area contributed by atoms with E-state index in [0.717, 1.165) is 12.0 Å². The van der Waals surface area contributed by atoms with Gasteiger partial charge in [0.1, 0.15) is 5.71 Å². The highest BCUT2D eigenvalue weighted by molar-refractivity contribution is 6.39. The lowest BCUT2D eigenvalue weighted by Crippen LogP contribution is -2.37. The van der Waals surface area contributed by atoms with Crippen molar-refractivity contribution in [1.82, 2.24) is 5.32 Å². The van der Waals surface area contributed by atoms with Crippen molar-refractivity contribution in [3.8, 4) is 5.75 Å². The molecule has 0 bridgehead atoms. The summed E-state index contributed by atoms with van der Waals surface area (Å²) in [4.78, 5) is 11.5. The van der Waals surface area contributed by atoms with E-state index in [1.165, 1.54) is 6.07 Å². The first-order chi connectivity index (χ1) is 9.24. The number of ether oxygens (including phenoxy) is 1. The quantitative estimate of drug-likeness (QED) is 0.794. The number of anilines is 1. The van der Waals surface area contributed by atoms with Crippen LogP contribution in [0.15, 0.2) is 17.2 Å². The SMILES string of the molecule is O=C1NCCC/C1=N/Nc1cc(F)c2c(c1)CCO2. The normalized spacial score (nSPS) is 19.8. The molecule has 0 spiro atoms. The summed E-state index contributed by atoms with van der Waals surface area (Å²) in [5.74, 6) is -0.233. The Bertz CT molecular complexity index is 557. The van der Waals surface area contributed by atoms with Gasteiger partial charge < -0.3 is 10.1 Å². The molecule has 0 atom stereocenters. The fourth-order valence-electron chi connectivity index (χ4n) is 2.24. The van der Waals surface area contributed by atoms with Crippen LogP contribution in [0.3, 0.4) is 0 Å². The molecule has 1 aromatic carbocycles. The van der Waals surface area contributed by atoms with Gasteiger partial charge in [-0.2, -0.15) is 5.10 Å². The smallest absolute Gasteiger partial charge is 0.267 e. The van der Waals surface area contributed by atoms with E-state index < -0.39 is 5.82 Å².